The van der Waals surface area contributed by atoms with E-state index in [4.69, 9.17) is 11.6 Å². The first-order valence-electron chi connectivity index (χ1n) is 10.3. The summed E-state index contributed by atoms with van der Waals surface area (Å²) in [5.74, 6) is -0.501. The Bertz CT molecular complexity index is 1450. The summed E-state index contributed by atoms with van der Waals surface area (Å²) < 4.78 is 51.7. The minimum absolute atomic E-state index is 0.0164. The lowest BCUT2D eigenvalue weighted by Gasteiger charge is -2.16. The molecule has 0 aliphatic heterocycles. The first-order chi connectivity index (χ1) is 15.8. The fourth-order valence-corrected chi connectivity index (χ4v) is 5.44. The number of hydrogen-bond donors (Lipinski definition) is 2. The minimum Gasteiger partial charge on any atom is -0.346 e. The highest BCUT2D eigenvalue weighted by molar-refractivity contribution is 7.92. The summed E-state index contributed by atoms with van der Waals surface area (Å²) in [5, 5.41) is 2.77. The van der Waals surface area contributed by atoms with E-state index in [2.05, 4.69) is 10.0 Å². The van der Waals surface area contributed by atoms with Crippen molar-refractivity contribution in [2.24, 2.45) is 0 Å². The smallest absolute Gasteiger partial charge is 0.263 e. The predicted octanol–water partition coefficient (Wildman–Crippen LogP) is 4.65. The van der Waals surface area contributed by atoms with Gasteiger partial charge in [0.25, 0.3) is 15.9 Å². The molecule has 0 aromatic heterocycles. The van der Waals surface area contributed by atoms with Crippen LogP contribution in [0, 0.1) is 13.8 Å². The summed E-state index contributed by atoms with van der Waals surface area (Å²) in [6.07, 6.45) is 1.12. The maximum absolute atomic E-state index is 13.0. The number of anilines is 1. The van der Waals surface area contributed by atoms with Gasteiger partial charge in [-0.25, -0.2) is 16.8 Å². The molecule has 3 aromatic rings. The molecule has 10 heteroatoms. The summed E-state index contributed by atoms with van der Waals surface area (Å²) in [7, 11) is -7.37. The first kappa shape index (κ1) is 25.7. The van der Waals surface area contributed by atoms with Crippen LogP contribution in [0.25, 0.3) is 0 Å². The van der Waals surface area contributed by atoms with Crippen molar-refractivity contribution in [2.45, 2.75) is 36.6 Å². The number of sulfonamides is 1. The van der Waals surface area contributed by atoms with Crippen LogP contribution in [0.1, 0.15) is 40.0 Å². The van der Waals surface area contributed by atoms with Gasteiger partial charge in [-0.2, -0.15) is 0 Å². The maximum Gasteiger partial charge on any atom is 0.263 e. The van der Waals surface area contributed by atoms with E-state index >= 15 is 0 Å². The summed E-state index contributed by atoms with van der Waals surface area (Å²) in [6, 6.07) is 14.9. The van der Waals surface area contributed by atoms with Crippen molar-refractivity contribution in [3.05, 3.63) is 87.9 Å². The number of amides is 1. The molecule has 7 nitrogen and oxygen atoms in total. The Labute approximate surface area is 205 Å². The van der Waals surface area contributed by atoms with E-state index in [0.717, 1.165) is 17.4 Å². The third-order valence-electron chi connectivity index (χ3n) is 5.40. The zero-order valence-corrected chi connectivity index (χ0v) is 21.5. The topological polar surface area (TPSA) is 109 Å². The molecule has 3 rings (SSSR count). The second-order valence-corrected chi connectivity index (χ2v) is 12.2. The normalized spacial score (nSPS) is 12.7. The molecular formula is C24H25ClN2O5S2. The van der Waals surface area contributed by atoms with Crippen molar-refractivity contribution in [1.29, 1.82) is 0 Å². The quantitative estimate of drug-likeness (QED) is 0.471. The van der Waals surface area contributed by atoms with Crippen LogP contribution in [0.3, 0.4) is 0 Å². The summed E-state index contributed by atoms with van der Waals surface area (Å²) in [6.45, 7) is 5.54. The standard InChI is InChI=1S/C24H25ClN2O5S2/c1-15-5-9-20(13-16(15)2)27-34(31,32)23-14-19(8-12-22(23)25)24(28)26-17(3)18-6-10-21(11-7-18)33(4,29)30/h5-14,17,27H,1-4H3,(H,26,28)/t17-/m1/s1. The van der Waals surface area contributed by atoms with Gasteiger partial charge in [0.15, 0.2) is 9.84 Å². The van der Waals surface area contributed by atoms with Crippen LogP contribution in [0.15, 0.2) is 70.5 Å². The van der Waals surface area contributed by atoms with Gasteiger partial charge in [0.2, 0.25) is 0 Å². The molecule has 0 aliphatic rings. The number of halogens is 1. The molecule has 0 fully saturated rings. The first-order valence-corrected chi connectivity index (χ1v) is 14.0. The fraction of sp³-hybridized carbons (Fsp3) is 0.208. The molecule has 0 spiro atoms. The zero-order valence-electron chi connectivity index (χ0n) is 19.1. The Morgan fingerprint density at radius 2 is 1.53 bits per heavy atom. The Hall–Kier alpha value is -2.88. The van der Waals surface area contributed by atoms with Gasteiger partial charge in [-0.3, -0.25) is 9.52 Å². The van der Waals surface area contributed by atoms with E-state index in [1.165, 1.54) is 30.3 Å². The van der Waals surface area contributed by atoms with Gasteiger partial charge in [0.1, 0.15) is 4.90 Å². The number of carbonyl (C=O) groups is 1. The summed E-state index contributed by atoms with van der Waals surface area (Å²) in [4.78, 5) is 12.8. The largest absolute Gasteiger partial charge is 0.346 e. The van der Waals surface area contributed by atoms with Gasteiger partial charge in [-0.05, 0) is 79.9 Å². The predicted molar refractivity (Wildman–Crippen MR) is 134 cm³/mol. The van der Waals surface area contributed by atoms with Gasteiger partial charge in [0, 0.05) is 17.5 Å². The third-order valence-corrected chi connectivity index (χ3v) is 8.39. The van der Waals surface area contributed by atoms with Crippen molar-refractivity contribution < 1.29 is 21.6 Å². The molecule has 34 heavy (non-hydrogen) atoms. The van der Waals surface area contributed by atoms with E-state index < -0.39 is 31.8 Å². The number of benzene rings is 3. The highest BCUT2D eigenvalue weighted by Crippen LogP contribution is 2.26. The third kappa shape index (κ3) is 5.97. The Morgan fingerprint density at radius 3 is 2.12 bits per heavy atom. The number of rotatable bonds is 7. The highest BCUT2D eigenvalue weighted by Gasteiger charge is 2.21. The number of aryl methyl sites for hydroxylation is 2. The van der Waals surface area contributed by atoms with Crippen LogP contribution in [-0.4, -0.2) is 29.0 Å². The SMILES string of the molecule is Cc1ccc(NS(=O)(=O)c2cc(C(=O)N[C@H](C)c3ccc(S(C)(=O)=O)cc3)ccc2Cl)cc1C. The van der Waals surface area contributed by atoms with E-state index in [9.17, 15) is 21.6 Å². The molecular weight excluding hydrogens is 496 g/mol. The van der Waals surface area contributed by atoms with Crippen LogP contribution in [0.2, 0.25) is 5.02 Å². The molecule has 0 aliphatic carbocycles. The van der Waals surface area contributed by atoms with Crippen molar-refractivity contribution in [3.8, 4) is 0 Å². The number of nitrogens with one attached hydrogen (secondary N) is 2. The molecule has 1 atom stereocenters. The second kappa shape index (κ2) is 9.77. The zero-order chi connectivity index (χ0) is 25.3. The average molecular weight is 521 g/mol. The van der Waals surface area contributed by atoms with Gasteiger partial charge < -0.3 is 5.32 Å². The molecule has 3 aromatic carbocycles. The lowest BCUT2D eigenvalue weighted by Crippen LogP contribution is -2.27. The van der Waals surface area contributed by atoms with Crippen LogP contribution in [0.5, 0.6) is 0 Å². The van der Waals surface area contributed by atoms with Crippen molar-refractivity contribution in [2.75, 3.05) is 11.0 Å². The van der Waals surface area contributed by atoms with Crippen molar-refractivity contribution >= 4 is 43.1 Å². The molecule has 180 valence electrons. The Kier molecular flexibility index (Phi) is 7.40. The van der Waals surface area contributed by atoms with Gasteiger partial charge in [0.05, 0.1) is 16.0 Å². The molecule has 0 bridgehead atoms. The van der Waals surface area contributed by atoms with Gasteiger partial charge >= 0.3 is 0 Å². The minimum atomic E-state index is -4.05. The Balaban J connectivity index is 1.81. The molecule has 0 unspecified atom stereocenters. The molecule has 2 N–H and O–H groups in total. The van der Waals surface area contributed by atoms with Gasteiger partial charge in [-0.15, -0.1) is 0 Å². The number of hydrogen-bond acceptors (Lipinski definition) is 5. The fourth-order valence-electron chi connectivity index (χ4n) is 3.23. The number of carbonyl (C=O) groups excluding carboxylic acids is 1. The van der Waals surface area contributed by atoms with E-state index in [1.807, 2.05) is 19.9 Å². The monoisotopic (exact) mass is 520 g/mol. The molecule has 1 amide bonds. The lowest BCUT2D eigenvalue weighted by molar-refractivity contribution is 0.0939. The van der Waals surface area contributed by atoms with Crippen LogP contribution in [0.4, 0.5) is 5.69 Å². The van der Waals surface area contributed by atoms with Crippen LogP contribution >= 0.6 is 11.6 Å². The van der Waals surface area contributed by atoms with E-state index in [1.54, 1.807) is 31.2 Å². The van der Waals surface area contributed by atoms with E-state index in [0.29, 0.717) is 11.3 Å². The second-order valence-electron chi connectivity index (χ2n) is 8.09. The van der Waals surface area contributed by atoms with Crippen LogP contribution < -0.4 is 10.0 Å². The van der Waals surface area contributed by atoms with Crippen LogP contribution in [-0.2, 0) is 19.9 Å². The summed E-state index contributed by atoms with van der Waals surface area (Å²) >= 11 is 6.16. The number of sulfone groups is 1. The van der Waals surface area contributed by atoms with E-state index in [-0.39, 0.29) is 20.4 Å². The summed E-state index contributed by atoms with van der Waals surface area (Å²) in [5.41, 5.74) is 3.15. The highest BCUT2D eigenvalue weighted by atomic mass is 35.5. The van der Waals surface area contributed by atoms with Crippen molar-refractivity contribution in [3.63, 3.8) is 0 Å². The maximum atomic E-state index is 13.0. The molecule has 0 heterocycles. The van der Waals surface area contributed by atoms with Crippen molar-refractivity contribution in [1.82, 2.24) is 5.32 Å². The average Bonchev–Trinajstić information content (AvgIpc) is 2.75. The molecule has 0 radical (unpaired) electrons. The lowest BCUT2D eigenvalue weighted by atomic mass is 10.1. The van der Waals surface area contributed by atoms with Gasteiger partial charge in [-0.1, -0.05) is 29.8 Å². The molecule has 0 saturated carbocycles. The Morgan fingerprint density at radius 1 is 0.882 bits per heavy atom. The molecule has 0 saturated heterocycles.